The molecule has 0 amide bonds. The first-order valence-electron chi connectivity index (χ1n) is 12.1. The summed E-state index contributed by atoms with van der Waals surface area (Å²) in [5.74, 6) is 3.34. The summed E-state index contributed by atoms with van der Waals surface area (Å²) in [7, 11) is 0. The summed E-state index contributed by atoms with van der Waals surface area (Å²) in [6.07, 6.45) is 12.5. The van der Waals surface area contributed by atoms with Gasteiger partial charge < -0.3 is 10.2 Å². The summed E-state index contributed by atoms with van der Waals surface area (Å²) in [6.45, 7) is 7.06. The van der Waals surface area contributed by atoms with Crippen molar-refractivity contribution in [2.45, 2.75) is 90.3 Å². The van der Waals surface area contributed by atoms with Crippen LogP contribution < -0.4 is 0 Å². The lowest BCUT2D eigenvalue weighted by molar-refractivity contribution is -0.145. The second-order valence-corrected chi connectivity index (χ2v) is 11.6. The Morgan fingerprint density at radius 2 is 1.72 bits per heavy atom. The molecule has 1 aromatic heterocycles. The van der Waals surface area contributed by atoms with Crippen LogP contribution in [-0.2, 0) is 5.60 Å². The number of rotatable bonds is 2. The Labute approximate surface area is 176 Å². The van der Waals surface area contributed by atoms with E-state index in [1.165, 1.54) is 38.5 Å². The third-order valence-electron chi connectivity index (χ3n) is 10.5. The molecule has 2 unspecified atom stereocenters. The maximum Gasteiger partial charge on any atom is 0.107 e. The van der Waals surface area contributed by atoms with Crippen molar-refractivity contribution in [2.75, 3.05) is 0 Å². The molecule has 0 bridgehead atoms. The quantitative estimate of drug-likeness (QED) is 0.711. The first kappa shape index (κ1) is 20.0. The fourth-order valence-corrected chi connectivity index (χ4v) is 9.00. The van der Waals surface area contributed by atoms with Crippen LogP contribution in [0.1, 0.15) is 84.3 Å². The second-order valence-electron chi connectivity index (χ2n) is 11.6. The number of aliphatic hydroxyl groups excluding tert-OH is 1. The van der Waals surface area contributed by atoms with Gasteiger partial charge in [-0.1, -0.05) is 19.9 Å². The van der Waals surface area contributed by atoms with E-state index in [1.54, 1.807) is 0 Å². The van der Waals surface area contributed by atoms with Crippen molar-refractivity contribution in [2.24, 2.45) is 40.4 Å². The van der Waals surface area contributed by atoms with E-state index in [9.17, 15) is 10.2 Å². The van der Waals surface area contributed by atoms with Crippen molar-refractivity contribution in [3.8, 4) is 0 Å². The van der Waals surface area contributed by atoms with Crippen LogP contribution in [0.3, 0.4) is 0 Å². The Bertz CT molecular complexity index is 748. The van der Waals surface area contributed by atoms with E-state index in [2.05, 4.69) is 18.8 Å². The van der Waals surface area contributed by atoms with Crippen LogP contribution >= 0.6 is 0 Å². The van der Waals surface area contributed by atoms with Gasteiger partial charge in [-0.15, -0.1) is 0 Å². The van der Waals surface area contributed by atoms with Gasteiger partial charge in [-0.3, -0.25) is 4.98 Å². The van der Waals surface area contributed by atoms with E-state index in [1.807, 2.05) is 31.3 Å². The molecule has 4 fully saturated rings. The highest BCUT2D eigenvalue weighted by atomic mass is 16.3. The second kappa shape index (κ2) is 6.79. The van der Waals surface area contributed by atoms with Gasteiger partial charge >= 0.3 is 0 Å². The minimum Gasteiger partial charge on any atom is -0.393 e. The highest BCUT2D eigenvalue weighted by Crippen LogP contribution is 2.69. The molecule has 0 aromatic carbocycles. The number of pyridine rings is 1. The number of nitrogens with zero attached hydrogens (tertiary/aromatic N) is 1. The van der Waals surface area contributed by atoms with E-state index >= 15 is 0 Å². The Morgan fingerprint density at radius 3 is 2.48 bits per heavy atom. The zero-order chi connectivity index (χ0) is 20.4. The standard InChI is InChI=1S/C26H39NO2/c1-24-13-11-18(28)16-17(24)7-8-19-20-9-10-22(25(20,2)14-12-21(19)24)26(3,29)23-6-4-5-15-27-23/h4-6,15,17-22,28-29H,7-14,16H2,1-3H3/t17?,18-,19-,20-,21-,22-,24-,25-,26?/m0/s1. The van der Waals surface area contributed by atoms with E-state index in [-0.39, 0.29) is 17.4 Å². The lowest BCUT2D eigenvalue weighted by Gasteiger charge is -2.61. The normalized spacial score (nSPS) is 48.9. The van der Waals surface area contributed by atoms with Crippen LogP contribution in [0, 0.1) is 40.4 Å². The Hall–Kier alpha value is -0.930. The monoisotopic (exact) mass is 397 g/mol. The largest absolute Gasteiger partial charge is 0.393 e. The fraction of sp³-hybridized carbons (Fsp3) is 0.808. The molecule has 0 radical (unpaired) electrons. The molecule has 160 valence electrons. The number of aromatic nitrogens is 1. The van der Waals surface area contributed by atoms with E-state index in [0.29, 0.717) is 11.3 Å². The van der Waals surface area contributed by atoms with Gasteiger partial charge in [-0.2, -0.15) is 0 Å². The van der Waals surface area contributed by atoms with Gasteiger partial charge in [0.25, 0.3) is 0 Å². The molecular formula is C26H39NO2. The predicted octanol–water partition coefficient (Wildman–Crippen LogP) is 5.31. The van der Waals surface area contributed by atoms with Crippen molar-refractivity contribution in [1.82, 2.24) is 4.98 Å². The summed E-state index contributed by atoms with van der Waals surface area (Å²) < 4.78 is 0. The Balaban J connectivity index is 1.43. The fourth-order valence-electron chi connectivity index (χ4n) is 9.00. The van der Waals surface area contributed by atoms with Crippen molar-refractivity contribution < 1.29 is 10.2 Å². The first-order chi connectivity index (χ1) is 13.8. The van der Waals surface area contributed by atoms with Crippen LogP contribution in [0.2, 0.25) is 0 Å². The summed E-state index contributed by atoms with van der Waals surface area (Å²) in [5, 5.41) is 21.9. The minimum atomic E-state index is -0.854. The smallest absolute Gasteiger partial charge is 0.107 e. The van der Waals surface area contributed by atoms with Gasteiger partial charge in [0.15, 0.2) is 0 Å². The molecular weight excluding hydrogens is 358 g/mol. The van der Waals surface area contributed by atoms with Crippen LogP contribution in [0.5, 0.6) is 0 Å². The summed E-state index contributed by atoms with van der Waals surface area (Å²) in [6, 6.07) is 5.94. The van der Waals surface area contributed by atoms with E-state index < -0.39 is 5.60 Å². The van der Waals surface area contributed by atoms with Gasteiger partial charge in [0.1, 0.15) is 5.60 Å². The zero-order valence-corrected chi connectivity index (χ0v) is 18.5. The molecule has 1 heterocycles. The molecule has 4 aliphatic carbocycles. The van der Waals surface area contributed by atoms with Gasteiger partial charge in [-0.25, -0.2) is 0 Å². The molecule has 3 heteroatoms. The summed E-state index contributed by atoms with van der Waals surface area (Å²) in [5.41, 5.74) is 0.615. The lowest BCUT2D eigenvalue weighted by atomic mass is 9.44. The Morgan fingerprint density at radius 1 is 0.966 bits per heavy atom. The van der Waals surface area contributed by atoms with Crippen LogP contribution in [0.4, 0.5) is 0 Å². The van der Waals surface area contributed by atoms with Crippen LogP contribution in [0.25, 0.3) is 0 Å². The first-order valence-corrected chi connectivity index (χ1v) is 12.1. The topological polar surface area (TPSA) is 53.4 Å². The third kappa shape index (κ3) is 2.86. The molecule has 9 atom stereocenters. The number of hydrogen-bond donors (Lipinski definition) is 2. The van der Waals surface area contributed by atoms with Crippen LogP contribution in [-0.4, -0.2) is 21.3 Å². The molecule has 3 nitrogen and oxygen atoms in total. The van der Waals surface area contributed by atoms with Gasteiger partial charge in [0.2, 0.25) is 0 Å². The number of aliphatic hydroxyl groups is 2. The van der Waals surface area contributed by atoms with Gasteiger partial charge in [-0.05, 0) is 117 Å². The van der Waals surface area contributed by atoms with E-state index in [4.69, 9.17) is 0 Å². The molecule has 5 rings (SSSR count). The predicted molar refractivity (Wildman–Crippen MR) is 115 cm³/mol. The average Bonchev–Trinajstić information content (AvgIpc) is 3.07. The molecule has 1 aromatic rings. The molecule has 4 saturated carbocycles. The van der Waals surface area contributed by atoms with Crippen molar-refractivity contribution in [3.05, 3.63) is 30.1 Å². The Kier molecular flexibility index (Phi) is 4.68. The summed E-state index contributed by atoms with van der Waals surface area (Å²) >= 11 is 0. The molecule has 2 N–H and O–H groups in total. The van der Waals surface area contributed by atoms with Gasteiger partial charge in [0.05, 0.1) is 11.8 Å². The maximum atomic E-state index is 11.7. The third-order valence-corrected chi connectivity index (χ3v) is 10.5. The van der Waals surface area contributed by atoms with E-state index in [0.717, 1.165) is 42.7 Å². The zero-order valence-electron chi connectivity index (χ0n) is 18.5. The van der Waals surface area contributed by atoms with Gasteiger partial charge in [0, 0.05) is 6.20 Å². The van der Waals surface area contributed by atoms with Crippen LogP contribution in [0.15, 0.2) is 24.4 Å². The minimum absolute atomic E-state index is 0.0668. The highest BCUT2D eigenvalue weighted by Gasteiger charge is 2.62. The molecule has 4 aliphatic rings. The highest BCUT2D eigenvalue weighted by molar-refractivity contribution is 5.19. The number of hydrogen-bond acceptors (Lipinski definition) is 3. The molecule has 29 heavy (non-hydrogen) atoms. The van der Waals surface area contributed by atoms with Crippen molar-refractivity contribution >= 4 is 0 Å². The van der Waals surface area contributed by atoms with Crippen molar-refractivity contribution in [3.63, 3.8) is 0 Å². The summed E-state index contributed by atoms with van der Waals surface area (Å²) in [4.78, 5) is 4.54. The van der Waals surface area contributed by atoms with Crippen molar-refractivity contribution in [1.29, 1.82) is 0 Å². The molecule has 0 spiro atoms. The maximum absolute atomic E-state index is 11.7. The lowest BCUT2D eigenvalue weighted by Crippen LogP contribution is -2.55. The number of fused-ring (bicyclic) bond motifs is 5. The SMILES string of the molecule is CC(O)(c1ccccn1)[C@H]1CC[C@H]2[C@@H]3CCC4C[C@@H](O)CC[C@]4(C)[C@H]3CC[C@]12C. The average molecular weight is 398 g/mol. The molecule has 0 aliphatic heterocycles. The molecule has 0 saturated heterocycles.